The Kier molecular flexibility index (Phi) is 5.75. The molecule has 2 amide bonds. The summed E-state index contributed by atoms with van der Waals surface area (Å²) in [5.41, 5.74) is 6.28. The first kappa shape index (κ1) is 15.5. The molecule has 1 aliphatic rings. The summed E-state index contributed by atoms with van der Waals surface area (Å²) in [6, 6.07) is 9.69. The summed E-state index contributed by atoms with van der Waals surface area (Å²) in [7, 11) is 0. The smallest absolute Gasteiger partial charge is 0.240 e. The Morgan fingerprint density at radius 3 is 2.62 bits per heavy atom. The summed E-state index contributed by atoms with van der Waals surface area (Å²) in [4.78, 5) is 25.4. The maximum atomic E-state index is 12.6. The summed E-state index contributed by atoms with van der Waals surface area (Å²) in [5, 5.41) is 3.27. The average molecular weight is 289 g/mol. The minimum atomic E-state index is -0.377. The molecule has 1 atom stereocenters. The number of rotatable bonds is 6. The van der Waals surface area contributed by atoms with Crippen molar-refractivity contribution in [1.29, 1.82) is 0 Å². The van der Waals surface area contributed by atoms with Crippen molar-refractivity contribution in [3.05, 3.63) is 35.9 Å². The van der Waals surface area contributed by atoms with Gasteiger partial charge in [-0.15, -0.1) is 0 Å². The lowest BCUT2D eigenvalue weighted by Gasteiger charge is -2.30. The molecule has 1 aliphatic heterocycles. The number of nitrogens with one attached hydrogen (secondary N) is 1. The molecule has 0 bridgehead atoms. The van der Waals surface area contributed by atoms with Crippen molar-refractivity contribution in [2.24, 2.45) is 5.73 Å². The Bertz CT molecular complexity index is 470. The van der Waals surface area contributed by atoms with Crippen LogP contribution in [0.4, 0.5) is 0 Å². The molecule has 0 aromatic heterocycles. The maximum Gasteiger partial charge on any atom is 0.240 e. The second kappa shape index (κ2) is 7.78. The zero-order valence-corrected chi connectivity index (χ0v) is 12.3. The molecule has 21 heavy (non-hydrogen) atoms. The van der Waals surface area contributed by atoms with Crippen molar-refractivity contribution >= 4 is 11.8 Å². The Labute approximate surface area is 125 Å². The molecular weight excluding hydrogens is 266 g/mol. The monoisotopic (exact) mass is 289 g/mol. The van der Waals surface area contributed by atoms with Crippen LogP contribution in [0.5, 0.6) is 0 Å². The van der Waals surface area contributed by atoms with Gasteiger partial charge in [-0.05, 0) is 24.9 Å². The summed E-state index contributed by atoms with van der Waals surface area (Å²) >= 11 is 0. The highest BCUT2D eigenvalue weighted by Crippen LogP contribution is 2.13. The van der Waals surface area contributed by atoms with E-state index in [1.807, 2.05) is 30.3 Å². The molecule has 0 unspecified atom stereocenters. The zero-order chi connectivity index (χ0) is 15.1. The van der Waals surface area contributed by atoms with E-state index in [-0.39, 0.29) is 24.3 Å². The third-order valence-corrected chi connectivity index (χ3v) is 3.76. The summed E-state index contributed by atoms with van der Waals surface area (Å²) < 4.78 is 0. The van der Waals surface area contributed by atoms with Gasteiger partial charge < -0.3 is 16.0 Å². The second-order valence-electron chi connectivity index (χ2n) is 5.46. The first-order valence-electron chi connectivity index (χ1n) is 7.51. The van der Waals surface area contributed by atoms with Crippen LogP contribution in [0.25, 0.3) is 0 Å². The van der Waals surface area contributed by atoms with E-state index in [0.717, 1.165) is 31.4 Å². The van der Waals surface area contributed by atoms with Gasteiger partial charge in [0.1, 0.15) is 0 Å². The topological polar surface area (TPSA) is 75.4 Å². The van der Waals surface area contributed by atoms with E-state index in [0.29, 0.717) is 13.1 Å². The molecule has 3 N–H and O–H groups in total. The number of nitrogens with zero attached hydrogens (tertiary/aromatic N) is 1. The van der Waals surface area contributed by atoms with Crippen LogP contribution in [-0.4, -0.2) is 35.8 Å². The van der Waals surface area contributed by atoms with Crippen molar-refractivity contribution < 1.29 is 9.59 Å². The molecule has 0 radical (unpaired) electrons. The van der Waals surface area contributed by atoms with Gasteiger partial charge in [0.05, 0.1) is 6.04 Å². The number of carbonyl (C=O) groups excluding carboxylic acids is 2. The molecule has 0 saturated carbocycles. The SMILES string of the molecule is NC(=O)CCN(Cc1ccccc1)C(=O)[C@H]1CCCCN1. The van der Waals surface area contributed by atoms with Crippen molar-refractivity contribution in [3.63, 3.8) is 0 Å². The van der Waals surface area contributed by atoms with Crippen LogP contribution in [0.1, 0.15) is 31.2 Å². The molecule has 1 aromatic carbocycles. The fourth-order valence-electron chi connectivity index (χ4n) is 2.60. The van der Waals surface area contributed by atoms with E-state index in [9.17, 15) is 9.59 Å². The maximum absolute atomic E-state index is 12.6. The standard InChI is InChI=1S/C16H23N3O2/c17-15(20)9-11-19(12-13-6-2-1-3-7-13)16(21)14-8-4-5-10-18-14/h1-3,6-7,14,18H,4-5,8-12H2,(H2,17,20)/t14-/m1/s1. The fraction of sp³-hybridized carbons (Fsp3) is 0.500. The molecule has 5 nitrogen and oxygen atoms in total. The predicted octanol–water partition coefficient (Wildman–Crippen LogP) is 1.03. The molecule has 114 valence electrons. The van der Waals surface area contributed by atoms with Crippen LogP contribution in [0.15, 0.2) is 30.3 Å². The molecule has 0 spiro atoms. The minimum absolute atomic E-state index is 0.0693. The third-order valence-electron chi connectivity index (χ3n) is 3.76. The number of hydrogen-bond donors (Lipinski definition) is 2. The Morgan fingerprint density at radius 2 is 2.00 bits per heavy atom. The highest BCUT2D eigenvalue weighted by atomic mass is 16.2. The molecule has 1 fully saturated rings. The second-order valence-corrected chi connectivity index (χ2v) is 5.46. The lowest BCUT2D eigenvalue weighted by molar-refractivity contribution is -0.135. The molecule has 0 aliphatic carbocycles. The van der Waals surface area contributed by atoms with Gasteiger partial charge in [-0.3, -0.25) is 9.59 Å². The number of nitrogens with two attached hydrogens (primary N) is 1. The highest BCUT2D eigenvalue weighted by Gasteiger charge is 2.25. The van der Waals surface area contributed by atoms with Crippen LogP contribution in [-0.2, 0) is 16.1 Å². The van der Waals surface area contributed by atoms with E-state index in [1.165, 1.54) is 0 Å². The van der Waals surface area contributed by atoms with Crippen LogP contribution in [0.3, 0.4) is 0 Å². The van der Waals surface area contributed by atoms with Gasteiger partial charge in [0.2, 0.25) is 11.8 Å². The molecule has 1 aromatic rings. The Hall–Kier alpha value is -1.88. The summed E-state index contributed by atoms with van der Waals surface area (Å²) in [5.74, 6) is -0.308. The lowest BCUT2D eigenvalue weighted by atomic mass is 10.0. The van der Waals surface area contributed by atoms with Crippen molar-refractivity contribution in [2.45, 2.75) is 38.3 Å². The predicted molar refractivity (Wildman–Crippen MR) is 81.3 cm³/mol. The average Bonchev–Trinajstić information content (AvgIpc) is 2.52. The van der Waals surface area contributed by atoms with Crippen LogP contribution < -0.4 is 11.1 Å². The number of hydrogen-bond acceptors (Lipinski definition) is 3. The number of benzene rings is 1. The van der Waals surface area contributed by atoms with E-state index < -0.39 is 0 Å². The van der Waals surface area contributed by atoms with Crippen LogP contribution >= 0.6 is 0 Å². The quantitative estimate of drug-likeness (QED) is 0.821. The number of primary amides is 1. The van der Waals surface area contributed by atoms with E-state index in [4.69, 9.17) is 5.73 Å². The Balaban J connectivity index is 2.03. The van der Waals surface area contributed by atoms with Gasteiger partial charge in [0.25, 0.3) is 0 Å². The summed E-state index contributed by atoms with van der Waals surface area (Å²) in [6.07, 6.45) is 3.24. The zero-order valence-electron chi connectivity index (χ0n) is 12.3. The number of piperidine rings is 1. The van der Waals surface area contributed by atoms with Crippen molar-refractivity contribution in [1.82, 2.24) is 10.2 Å². The summed E-state index contributed by atoms with van der Waals surface area (Å²) in [6.45, 7) is 1.78. The van der Waals surface area contributed by atoms with Crippen molar-refractivity contribution in [3.8, 4) is 0 Å². The first-order chi connectivity index (χ1) is 10.2. The van der Waals surface area contributed by atoms with Gasteiger partial charge >= 0.3 is 0 Å². The van der Waals surface area contributed by atoms with Gasteiger partial charge in [-0.25, -0.2) is 0 Å². The largest absolute Gasteiger partial charge is 0.370 e. The highest BCUT2D eigenvalue weighted by molar-refractivity contribution is 5.82. The van der Waals surface area contributed by atoms with E-state index >= 15 is 0 Å². The molecular formula is C16H23N3O2. The van der Waals surface area contributed by atoms with Crippen LogP contribution in [0.2, 0.25) is 0 Å². The van der Waals surface area contributed by atoms with Gasteiger partial charge in [-0.1, -0.05) is 36.8 Å². The molecule has 1 heterocycles. The lowest BCUT2D eigenvalue weighted by Crippen LogP contribution is -2.48. The molecule has 1 saturated heterocycles. The number of carbonyl (C=O) groups is 2. The van der Waals surface area contributed by atoms with Crippen LogP contribution in [0, 0.1) is 0 Å². The molecule has 2 rings (SSSR count). The van der Waals surface area contributed by atoms with Gasteiger partial charge in [0.15, 0.2) is 0 Å². The van der Waals surface area contributed by atoms with E-state index in [1.54, 1.807) is 4.90 Å². The Morgan fingerprint density at radius 1 is 1.24 bits per heavy atom. The number of amides is 2. The minimum Gasteiger partial charge on any atom is -0.370 e. The normalized spacial score (nSPS) is 18.2. The molecule has 5 heteroatoms. The third kappa shape index (κ3) is 4.86. The van der Waals surface area contributed by atoms with Crippen molar-refractivity contribution in [2.75, 3.05) is 13.1 Å². The fourth-order valence-corrected chi connectivity index (χ4v) is 2.60. The van der Waals surface area contributed by atoms with Gasteiger partial charge in [0, 0.05) is 19.5 Å². The van der Waals surface area contributed by atoms with Gasteiger partial charge in [-0.2, -0.15) is 0 Å². The van der Waals surface area contributed by atoms with E-state index in [2.05, 4.69) is 5.32 Å². The first-order valence-corrected chi connectivity index (χ1v) is 7.51.